The number of rotatable bonds is 5. The molecular formula is C14H26N4O2. The number of carbonyl (C=O) groups is 2. The van der Waals surface area contributed by atoms with Crippen molar-refractivity contribution in [2.75, 3.05) is 32.7 Å². The minimum Gasteiger partial charge on any atom is -0.355 e. The fourth-order valence-electron chi connectivity index (χ4n) is 3.44. The van der Waals surface area contributed by atoms with Crippen molar-refractivity contribution in [2.45, 2.75) is 32.2 Å². The van der Waals surface area contributed by atoms with E-state index in [1.54, 1.807) is 0 Å². The van der Waals surface area contributed by atoms with Crippen LogP contribution >= 0.6 is 0 Å². The molecule has 1 aliphatic heterocycles. The average molecular weight is 282 g/mol. The summed E-state index contributed by atoms with van der Waals surface area (Å²) in [7, 11) is 0. The van der Waals surface area contributed by atoms with Gasteiger partial charge in [0.15, 0.2) is 0 Å². The highest BCUT2D eigenvalue weighted by Crippen LogP contribution is 2.35. The third-order valence-electron chi connectivity index (χ3n) is 4.42. The molecule has 3 unspecified atom stereocenters. The number of fused-ring (bicyclic) bond motifs is 1. The number of likely N-dealkylation sites (tertiary alicyclic amines) is 1. The SMILES string of the molecule is CC(=O)NCCNC(=O)CN1CC2CCCC(N)C2C1. The summed E-state index contributed by atoms with van der Waals surface area (Å²) >= 11 is 0. The van der Waals surface area contributed by atoms with Crippen LogP contribution in [0.15, 0.2) is 0 Å². The van der Waals surface area contributed by atoms with Gasteiger partial charge < -0.3 is 16.4 Å². The quantitative estimate of drug-likeness (QED) is 0.582. The van der Waals surface area contributed by atoms with E-state index in [0.29, 0.717) is 37.5 Å². The lowest BCUT2D eigenvalue weighted by atomic mass is 9.78. The van der Waals surface area contributed by atoms with Gasteiger partial charge in [-0.3, -0.25) is 14.5 Å². The summed E-state index contributed by atoms with van der Waals surface area (Å²) in [6, 6.07) is 0.307. The van der Waals surface area contributed by atoms with Crippen LogP contribution < -0.4 is 16.4 Å². The Bertz CT molecular complexity index is 361. The Balaban J connectivity index is 1.66. The molecule has 114 valence electrons. The van der Waals surface area contributed by atoms with Crippen LogP contribution in [0.3, 0.4) is 0 Å². The van der Waals surface area contributed by atoms with Gasteiger partial charge >= 0.3 is 0 Å². The number of nitrogens with one attached hydrogen (secondary N) is 2. The molecular weight excluding hydrogens is 256 g/mol. The van der Waals surface area contributed by atoms with Crippen LogP contribution in [0.5, 0.6) is 0 Å². The smallest absolute Gasteiger partial charge is 0.234 e. The maximum Gasteiger partial charge on any atom is 0.234 e. The standard InChI is InChI=1S/C14H26N4O2/c1-10(19)16-5-6-17-14(20)9-18-7-11-3-2-4-13(15)12(11)8-18/h11-13H,2-9,15H2,1H3,(H,16,19)(H,17,20). The van der Waals surface area contributed by atoms with Crippen molar-refractivity contribution in [1.29, 1.82) is 0 Å². The summed E-state index contributed by atoms with van der Waals surface area (Å²) in [5, 5.41) is 5.49. The number of carbonyl (C=O) groups excluding carboxylic acids is 2. The second-order valence-corrected chi connectivity index (χ2v) is 6.05. The third-order valence-corrected chi connectivity index (χ3v) is 4.42. The number of nitrogens with zero attached hydrogens (tertiary/aromatic N) is 1. The Morgan fingerprint density at radius 2 is 1.95 bits per heavy atom. The van der Waals surface area contributed by atoms with E-state index in [1.165, 1.54) is 19.8 Å². The predicted octanol–water partition coefficient (Wildman–Crippen LogP) is -0.702. The summed E-state index contributed by atoms with van der Waals surface area (Å²) in [5.41, 5.74) is 6.17. The molecule has 20 heavy (non-hydrogen) atoms. The van der Waals surface area contributed by atoms with Gasteiger partial charge in [-0.2, -0.15) is 0 Å². The third kappa shape index (κ3) is 4.18. The molecule has 4 N–H and O–H groups in total. The van der Waals surface area contributed by atoms with Gasteiger partial charge in [0.1, 0.15) is 0 Å². The molecule has 2 aliphatic rings. The fraction of sp³-hybridized carbons (Fsp3) is 0.857. The van der Waals surface area contributed by atoms with Crippen molar-refractivity contribution < 1.29 is 9.59 Å². The van der Waals surface area contributed by atoms with E-state index in [-0.39, 0.29) is 11.8 Å². The normalized spacial score (nSPS) is 29.8. The Morgan fingerprint density at radius 1 is 1.20 bits per heavy atom. The Labute approximate surface area is 120 Å². The largest absolute Gasteiger partial charge is 0.355 e. The summed E-state index contributed by atoms with van der Waals surface area (Å²) < 4.78 is 0. The number of nitrogens with two attached hydrogens (primary N) is 1. The molecule has 1 aliphatic carbocycles. The topological polar surface area (TPSA) is 87.5 Å². The molecule has 2 rings (SSSR count). The highest BCUT2D eigenvalue weighted by molar-refractivity contribution is 5.78. The van der Waals surface area contributed by atoms with Crippen molar-refractivity contribution in [3.05, 3.63) is 0 Å². The van der Waals surface area contributed by atoms with E-state index < -0.39 is 0 Å². The molecule has 3 atom stereocenters. The summed E-state index contributed by atoms with van der Waals surface area (Å²) in [5.74, 6) is 1.20. The molecule has 2 fully saturated rings. The molecule has 6 nitrogen and oxygen atoms in total. The lowest BCUT2D eigenvalue weighted by molar-refractivity contribution is -0.122. The highest BCUT2D eigenvalue weighted by atomic mass is 16.2. The Hall–Kier alpha value is -1.14. The van der Waals surface area contributed by atoms with Gasteiger partial charge in [0.25, 0.3) is 0 Å². The average Bonchev–Trinajstić information content (AvgIpc) is 2.78. The minimum absolute atomic E-state index is 0.0302. The number of amides is 2. The maximum atomic E-state index is 11.8. The molecule has 6 heteroatoms. The lowest BCUT2D eigenvalue weighted by Crippen LogP contribution is -2.40. The van der Waals surface area contributed by atoms with Gasteiger partial charge in [-0.1, -0.05) is 6.42 Å². The molecule has 0 radical (unpaired) electrons. The van der Waals surface area contributed by atoms with Gasteiger partial charge in [0, 0.05) is 39.1 Å². The second-order valence-electron chi connectivity index (χ2n) is 6.05. The van der Waals surface area contributed by atoms with Crippen LogP contribution in [-0.2, 0) is 9.59 Å². The summed E-state index contributed by atoms with van der Waals surface area (Å²) in [4.78, 5) is 24.7. The van der Waals surface area contributed by atoms with Crippen LogP contribution in [0.1, 0.15) is 26.2 Å². The molecule has 0 aromatic rings. The van der Waals surface area contributed by atoms with E-state index in [1.807, 2.05) is 0 Å². The first-order chi connectivity index (χ1) is 9.56. The molecule has 1 heterocycles. The van der Waals surface area contributed by atoms with Crippen LogP contribution in [-0.4, -0.2) is 55.5 Å². The zero-order valence-electron chi connectivity index (χ0n) is 12.2. The molecule has 2 amide bonds. The number of hydrogen-bond acceptors (Lipinski definition) is 4. The molecule has 1 saturated heterocycles. The molecule has 0 aromatic carbocycles. The maximum absolute atomic E-state index is 11.8. The molecule has 0 spiro atoms. The molecule has 1 saturated carbocycles. The second kappa shape index (κ2) is 7.04. The van der Waals surface area contributed by atoms with Crippen LogP contribution in [0.25, 0.3) is 0 Å². The van der Waals surface area contributed by atoms with Crippen molar-refractivity contribution in [3.63, 3.8) is 0 Å². The number of hydrogen-bond donors (Lipinski definition) is 3. The Kier molecular flexibility index (Phi) is 5.37. The zero-order chi connectivity index (χ0) is 14.5. The van der Waals surface area contributed by atoms with Crippen molar-refractivity contribution >= 4 is 11.8 Å². The monoisotopic (exact) mass is 282 g/mol. The van der Waals surface area contributed by atoms with Gasteiger partial charge in [-0.05, 0) is 24.7 Å². The van der Waals surface area contributed by atoms with Gasteiger partial charge in [-0.15, -0.1) is 0 Å². The Morgan fingerprint density at radius 3 is 2.65 bits per heavy atom. The predicted molar refractivity (Wildman–Crippen MR) is 76.9 cm³/mol. The van der Waals surface area contributed by atoms with E-state index in [0.717, 1.165) is 19.5 Å². The van der Waals surface area contributed by atoms with E-state index in [9.17, 15) is 9.59 Å². The van der Waals surface area contributed by atoms with Crippen LogP contribution in [0.4, 0.5) is 0 Å². The van der Waals surface area contributed by atoms with Crippen molar-refractivity contribution in [2.24, 2.45) is 17.6 Å². The van der Waals surface area contributed by atoms with Crippen LogP contribution in [0, 0.1) is 11.8 Å². The molecule has 0 bridgehead atoms. The summed E-state index contributed by atoms with van der Waals surface area (Å²) in [6.07, 6.45) is 3.59. The molecule has 0 aromatic heterocycles. The van der Waals surface area contributed by atoms with Gasteiger partial charge in [0.05, 0.1) is 6.54 Å². The van der Waals surface area contributed by atoms with Gasteiger partial charge in [0.2, 0.25) is 11.8 Å². The zero-order valence-corrected chi connectivity index (χ0v) is 12.2. The van der Waals surface area contributed by atoms with Crippen molar-refractivity contribution in [1.82, 2.24) is 15.5 Å². The first-order valence-corrected chi connectivity index (χ1v) is 7.55. The first kappa shape index (κ1) is 15.3. The summed E-state index contributed by atoms with van der Waals surface area (Å²) in [6.45, 7) is 4.83. The van der Waals surface area contributed by atoms with E-state index >= 15 is 0 Å². The highest BCUT2D eigenvalue weighted by Gasteiger charge is 2.38. The first-order valence-electron chi connectivity index (χ1n) is 7.55. The fourth-order valence-corrected chi connectivity index (χ4v) is 3.44. The lowest BCUT2D eigenvalue weighted by Gasteiger charge is -2.29. The van der Waals surface area contributed by atoms with Gasteiger partial charge in [-0.25, -0.2) is 0 Å². The minimum atomic E-state index is -0.0724. The van der Waals surface area contributed by atoms with Crippen molar-refractivity contribution in [3.8, 4) is 0 Å². The van der Waals surface area contributed by atoms with Crippen LogP contribution in [0.2, 0.25) is 0 Å². The van der Waals surface area contributed by atoms with E-state index in [2.05, 4.69) is 15.5 Å². The van der Waals surface area contributed by atoms with E-state index in [4.69, 9.17) is 5.73 Å².